The van der Waals surface area contributed by atoms with Gasteiger partial charge in [0.2, 0.25) is 0 Å². The van der Waals surface area contributed by atoms with E-state index in [9.17, 15) is 0 Å². The first-order chi connectivity index (χ1) is 30.7. The Morgan fingerprint density at radius 1 is 0.290 bits per heavy atom. The number of rotatable bonds is 7. The average molecular weight is 809 g/mol. The van der Waals surface area contributed by atoms with Crippen LogP contribution < -0.4 is 0 Å². The minimum atomic E-state index is 0.626. The van der Waals surface area contributed by atoms with Crippen molar-refractivity contribution in [2.24, 2.45) is 0 Å². The normalized spacial score (nSPS) is 11.5. The summed E-state index contributed by atoms with van der Waals surface area (Å²) >= 11 is 1.85. The van der Waals surface area contributed by atoms with Gasteiger partial charge >= 0.3 is 0 Å². The largest absolute Gasteiger partial charge is 0.309 e. The number of hydrogen-bond acceptors (Lipinski definition) is 4. The molecule has 0 aliphatic rings. The molecular weight excluding hydrogens is 773 g/mol. The van der Waals surface area contributed by atoms with Crippen LogP contribution in [0.15, 0.2) is 218 Å². The van der Waals surface area contributed by atoms with Crippen LogP contribution in [-0.4, -0.2) is 19.5 Å². The van der Waals surface area contributed by atoms with Gasteiger partial charge in [0.25, 0.3) is 0 Å². The van der Waals surface area contributed by atoms with Gasteiger partial charge < -0.3 is 4.57 Å². The van der Waals surface area contributed by atoms with E-state index in [2.05, 4.69) is 187 Å². The van der Waals surface area contributed by atoms with Crippen LogP contribution in [0, 0.1) is 0 Å². The molecule has 0 saturated carbocycles. The average Bonchev–Trinajstić information content (AvgIpc) is 3.88. The Kier molecular flexibility index (Phi) is 8.65. The van der Waals surface area contributed by atoms with Crippen molar-refractivity contribution < 1.29 is 0 Å². The summed E-state index contributed by atoms with van der Waals surface area (Å²) in [6.07, 6.45) is 0. The van der Waals surface area contributed by atoms with Crippen LogP contribution in [0.4, 0.5) is 0 Å². The number of aromatic nitrogens is 4. The van der Waals surface area contributed by atoms with Gasteiger partial charge in [-0.1, -0.05) is 170 Å². The molecule has 12 aromatic rings. The molecule has 0 bridgehead atoms. The van der Waals surface area contributed by atoms with Gasteiger partial charge in [-0.25, -0.2) is 15.0 Å². The number of thiophene rings is 1. The van der Waals surface area contributed by atoms with Crippen molar-refractivity contribution in [2.75, 3.05) is 0 Å². The molecular formula is C57H36N4S. The molecule has 4 nitrogen and oxygen atoms in total. The molecule has 0 unspecified atom stereocenters. The molecule has 0 atom stereocenters. The van der Waals surface area contributed by atoms with Crippen LogP contribution in [0.5, 0.6) is 0 Å². The van der Waals surface area contributed by atoms with Gasteiger partial charge in [0.15, 0.2) is 17.5 Å². The van der Waals surface area contributed by atoms with Gasteiger partial charge in [0.05, 0.1) is 11.0 Å². The second-order valence-corrected chi connectivity index (χ2v) is 16.7. The second kappa shape index (κ2) is 14.9. The summed E-state index contributed by atoms with van der Waals surface area (Å²) < 4.78 is 4.89. The van der Waals surface area contributed by atoms with Crippen molar-refractivity contribution in [3.8, 4) is 73.2 Å². The molecule has 0 aliphatic heterocycles. The monoisotopic (exact) mass is 808 g/mol. The highest BCUT2D eigenvalue weighted by molar-refractivity contribution is 7.26. The highest BCUT2D eigenvalue weighted by Gasteiger charge is 2.20. The van der Waals surface area contributed by atoms with Crippen molar-refractivity contribution >= 4 is 53.3 Å². The van der Waals surface area contributed by atoms with Gasteiger partial charge in [0.1, 0.15) is 0 Å². The quantitative estimate of drug-likeness (QED) is 0.161. The number of nitrogens with zero attached hydrogens (tertiary/aromatic N) is 4. The summed E-state index contributed by atoms with van der Waals surface area (Å²) in [7, 11) is 0. The van der Waals surface area contributed by atoms with Gasteiger partial charge in [-0.2, -0.15) is 0 Å². The third-order valence-corrected chi connectivity index (χ3v) is 13.0. The number of para-hydroxylation sites is 2. The number of hydrogen-bond donors (Lipinski definition) is 0. The summed E-state index contributed by atoms with van der Waals surface area (Å²) in [4.78, 5) is 15.5. The standard InChI is InChI=1S/C57H36N4S/c1-5-16-37(17-6-1)40-22-15-23-41(32-40)42-28-30-45(50(33-42)57-59-55(38-18-7-2-8-19-38)58-56(60-57)39-20-9-3-10-21-39)43-29-31-47-49-35-48-46-26-13-14-27-51(46)61(44-24-11-4-12-25-44)52(48)36-54(49)62-53(47)34-43/h1-36H. The van der Waals surface area contributed by atoms with Crippen LogP contribution in [0.1, 0.15) is 0 Å². The fraction of sp³-hybridized carbons (Fsp3) is 0. The van der Waals surface area contributed by atoms with Crippen LogP contribution in [0.2, 0.25) is 0 Å². The Morgan fingerprint density at radius 2 is 0.839 bits per heavy atom. The van der Waals surface area contributed by atoms with Crippen molar-refractivity contribution in [1.29, 1.82) is 0 Å². The van der Waals surface area contributed by atoms with E-state index >= 15 is 0 Å². The van der Waals surface area contributed by atoms with E-state index in [4.69, 9.17) is 15.0 Å². The Labute approximate surface area is 362 Å². The first kappa shape index (κ1) is 35.9. The summed E-state index contributed by atoms with van der Waals surface area (Å²) in [6, 6.07) is 77.5. The minimum absolute atomic E-state index is 0.626. The predicted molar refractivity (Wildman–Crippen MR) is 260 cm³/mol. The molecule has 0 fully saturated rings. The highest BCUT2D eigenvalue weighted by atomic mass is 32.1. The van der Waals surface area contributed by atoms with Crippen molar-refractivity contribution in [3.63, 3.8) is 0 Å². The fourth-order valence-electron chi connectivity index (χ4n) is 8.86. The van der Waals surface area contributed by atoms with Gasteiger partial charge in [-0.05, 0) is 81.9 Å². The van der Waals surface area contributed by atoms with Gasteiger partial charge in [-0.15, -0.1) is 11.3 Å². The lowest BCUT2D eigenvalue weighted by molar-refractivity contribution is 1.07. The molecule has 0 amide bonds. The lowest BCUT2D eigenvalue weighted by atomic mass is 9.92. The SMILES string of the molecule is c1ccc(-c2cccc(-c3ccc(-c4ccc5c(c4)sc4cc6c(cc45)c4ccccc4n6-c4ccccc4)c(-c4nc(-c5ccccc5)nc(-c5ccccc5)n4)c3)c2)cc1. The topological polar surface area (TPSA) is 43.6 Å². The van der Waals surface area contributed by atoms with Crippen molar-refractivity contribution in [1.82, 2.24) is 19.5 Å². The first-order valence-corrected chi connectivity index (χ1v) is 21.7. The van der Waals surface area contributed by atoms with Crippen LogP contribution in [-0.2, 0) is 0 Å². The first-order valence-electron chi connectivity index (χ1n) is 20.8. The highest BCUT2D eigenvalue weighted by Crippen LogP contribution is 2.43. The predicted octanol–water partition coefficient (Wildman–Crippen LogP) is 15.3. The van der Waals surface area contributed by atoms with Crippen molar-refractivity contribution in [2.45, 2.75) is 0 Å². The molecule has 0 aliphatic carbocycles. The molecule has 0 radical (unpaired) electrons. The molecule has 62 heavy (non-hydrogen) atoms. The molecule has 0 saturated heterocycles. The molecule has 3 heterocycles. The van der Waals surface area contributed by atoms with Crippen LogP contribution >= 0.6 is 11.3 Å². The maximum absolute atomic E-state index is 5.24. The molecule has 5 heteroatoms. The Hall–Kier alpha value is -7.99. The summed E-state index contributed by atoms with van der Waals surface area (Å²) in [5.74, 6) is 1.90. The maximum atomic E-state index is 5.24. The summed E-state index contributed by atoms with van der Waals surface area (Å²) in [5, 5.41) is 5.03. The molecule has 3 aromatic heterocycles. The lowest BCUT2D eigenvalue weighted by Crippen LogP contribution is -2.01. The third kappa shape index (κ3) is 6.26. The Morgan fingerprint density at radius 3 is 1.55 bits per heavy atom. The van der Waals surface area contributed by atoms with Crippen LogP contribution in [0.25, 0.3) is 115 Å². The fourth-order valence-corrected chi connectivity index (χ4v) is 10.0. The second-order valence-electron chi connectivity index (χ2n) is 15.6. The van der Waals surface area contributed by atoms with Crippen molar-refractivity contribution in [3.05, 3.63) is 218 Å². The Balaban J connectivity index is 1.06. The number of benzene rings is 9. The molecule has 290 valence electrons. The zero-order chi connectivity index (χ0) is 41.0. The lowest BCUT2D eigenvalue weighted by Gasteiger charge is -2.15. The van der Waals surface area contributed by atoms with E-state index in [1.54, 1.807) is 0 Å². The van der Waals surface area contributed by atoms with E-state index in [0.29, 0.717) is 17.5 Å². The van der Waals surface area contributed by atoms with E-state index in [-0.39, 0.29) is 0 Å². The number of fused-ring (bicyclic) bond motifs is 6. The smallest absolute Gasteiger partial charge is 0.164 e. The molecule has 0 spiro atoms. The van der Waals surface area contributed by atoms with E-state index in [0.717, 1.165) is 44.6 Å². The zero-order valence-corrected chi connectivity index (χ0v) is 34.3. The molecule has 9 aromatic carbocycles. The minimum Gasteiger partial charge on any atom is -0.309 e. The third-order valence-electron chi connectivity index (χ3n) is 11.9. The van der Waals surface area contributed by atoms with Gasteiger partial charge in [-0.3, -0.25) is 0 Å². The summed E-state index contributed by atoms with van der Waals surface area (Å²) in [6.45, 7) is 0. The molecule has 0 N–H and O–H groups in total. The van der Waals surface area contributed by atoms with Crippen LogP contribution in [0.3, 0.4) is 0 Å². The van der Waals surface area contributed by atoms with E-state index in [1.165, 1.54) is 53.1 Å². The Bertz CT molecular complexity index is 3560. The maximum Gasteiger partial charge on any atom is 0.164 e. The molecule has 12 rings (SSSR count). The zero-order valence-electron chi connectivity index (χ0n) is 33.5. The van der Waals surface area contributed by atoms with E-state index in [1.807, 2.05) is 47.7 Å². The van der Waals surface area contributed by atoms with E-state index < -0.39 is 0 Å². The summed E-state index contributed by atoms with van der Waals surface area (Å²) in [5.41, 5.74) is 13.1. The van der Waals surface area contributed by atoms with Gasteiger partial charge in [0, 0.05) is 53.3 Å².